The Balaban J connectivity index is 3.01. The van der Waals surface area contributed by atoms with Crippen LogP contribution in [0.5, 0.6) is 11.5 Å². The van der Waals surface area contributed by atoms with E-state index in [1.165, 1.54) is 26.4 Å². The summed E-state index contributed by atoms with van der Waals surface area (Å²) in [6, 6.07) is 4.65. The number of hydrogen-bond acceptors (Lipinski definition) is 5. The largest absolute Gasteiger partial charge is 0.513 e. The minimum Gasteiger partial charge on any atom is -0.493 e. The highest BCUT2D eigenvalue weighted by Gasteiger charge is 2.10. The molecule has 0 aromatic heterocycles. The van der Waals surface area contributed by atoms with Crippen LogP contribution in [0, 0.1) is 0 Å². The van der Waals surface area contributed by atoms with Gasteiger partial charge in [-0.15, -0.1) is 0 Å². The van der Waals surface area contributed by atoms with Crippen LogP contribution < -0.4 is 9.47 Å². The summed E-state index contributed by atoms with van der Waals surface area (Å²) in [5, 5.41) is 8.51. The third-order valence-electron chi connectivity index (χ3n) is 1.97. The maximum absolute atomic E-state index is 11.0. The van der Waals surface area contributed by atoms with Gasteiger partial charge in [-0.3, -0.25) is 0 Å². The Morgan fingerprint density at radius 3 is 2.50 bits per heavy atom. The number of carboxylic acid groups (broad SMARTS) is 1. The number of carbonyl (C=O) groups excluding carboxylic acids is 1. The molecule has 0 radical (unpaired) electrons. The van der Waals surface area contributed by atoms with Crippen LogP contribution in [0.4, 0.5) is 4.79 Å². The molecule has 0 heterocycles. The van der Waals surface area contributed by atoms with Crippen molar-refractivity contribution in [3.63, 3.8) is 0 Å². The molecule has 0 fully saturated rings. The van der Waals surface area contributed by atoms with Gasteiger partial charge in [0.1, 0.15) is 0 Å². The molecule has 18 heavy (non-hydrogen) atoms. The molecule has 0 amide bonds. The summed E-state index contributed by atoms with van der Waals surface area (Å²) in [6.07, 6.45) is 1.46. The summed E-state index contributed by atoms with van der Waals surface area (Å²) >= 11 is 0. The highest BCUT2D eigenvalue weighted by Crippen LogP contribution is 2.28. The van der Waals surface area contributed by atoms with Crippen LogP contribution >= 0.6 is 0 Å². The monoisotopic (exact) mass is 252 g/mol. The predicted octanol–water partition coefficient (Wildman–Crippen LogP) is 1.94. The fourth-order valence-corrected chi connectivity index (χ4v) is 1.18. The lowest BCUT2D eigenvalue weighted by molar-refractivity contribution is -0.131. The van der Waals surface area contributed by atoms with E-state index in [0.29, 0.717) is 11.3 Å². The van der Waals surface area contributed by atoms with Gasteiger partial charge in [-0.2, -0.15) is 0 Å². The van der Waals surface area contributed by atoms with Crippen LogP contribution in [0.2, 0.25) is 0 Å². The average molecular weight is 252 g/mol. The first-order valence-corrected chi connectivity index (χ1v) is 4.91. The number of ether oxygens (including phenoxy) is 3. The average Bonchev–Trinajstić information content (AvgIpc) is 2.36. The molecule has 6 nitrogen and oxygen atoms in total. The molecule has 0 saturated heterocycles. The first-order chi connectivity index (χ1) is 8.56. The molecule has 0 bridgehead atoms. The van der Waals surface area contributed by atoms with E-state index in [2.05, 4.69) is 4.74 Å². The molecular formula is C12H12O6. The maximum atomic E-state index is 11.0. The maximum Gasteiger partial charge on any atom is 0.513 e. The van der Waals surface area contributed by atoms with Crippen LogP contribution in [0.25, 0.3) is 6.08 Å². The molecule has 1 aromatic rings. The lowest BCUT2D eigenvalue weighted by atomic mass is 10.2. The van der Waals surface area contributed by atoms with Gasteiger partial charge in [0.2, 0.25) is 0 Å². The number of hydrogen-bond donors (Lipinski definition) is 1. The fraction of sp³-hybridized carbons (Fsp3) is 0.167. The van der Waals surface area contributed by atoms with E-state index in [1.54, 1.807) is 12.1 Å². The van der Waals surface area contributed by atoms with E-state index < -0.39 is 12.1 Å². The molecule has 0 aliphatic rings. The molecule has 0 saturated carbocycles. The van der Waals surface area contributed by atoms with Crippen LogP contribution in [0.3, 0.4) is 0 Å². The highest BCUT2D eigenvalue weighted by atomic mass is 16.7. The van der Waals surface area contributed by atoms with Gasteiger partial charge in [-0.25, -0.2) is 9.59 Å². The summed E-state index contributed by atoms with van der Waals surface area (Å²) in [4.78, 5) is 21.4. The number of carboxylic acids is 1. The lowest BCUT2D eigenvalue weighted by Crippen LogP contribution is -2.08. The van der Waals surface area contributed by atoms with Crippen LogP contribution in [-0.4, -0.2) is 31.5 Å². The summed E-state index contributed by atoms with van der Waals surface area (Å²) in [5.41, 5.74) is 0.553. The molecule has 0 spiro atoms. The number of methoxy groups -OCH3 is 2. The molecule has 0 unspecified atom stereocenters. The smallest absolute Gasteiger partial charge is 0.493 e. The van der Waals surface area contributed by atoms with Crippen molar-refractivity contribution in [2.45, 2.75) is 0 Å². The summed E-state index contributed by atoms with van der Waals surface area (Å²) in [6.45, 7) is 0. The minimum atomic E-state index is -1.07. The van der Waals surface area contributed by atoms with E-state index in [0.717, 1.165) is 6.08 Å². The van der Waals surface area contributed by atoms with E-state index in [9.17, 15) is 9.59 Å². The third kappa shape index (κ3) is 3.82. The minimum absolute atomic E-state index is 0.150. The Bertz CT molecular complexity index is 477. The van der Waals surface area contributed by atoms with Crippen LogP contribution in [0.15, 0.2) is 24.3 Å². The van der Waals surface area contributed by atoms with Gasteiger partial charge in [-0.05, 0) is 23.8 Å². The van der Waals surface area contributed by atoms with Gasteiger partial charge >= 0.3 is 12.1 Å². The Morgan fingerprint density at radius 2 is 1.94 bits per heavy atom. The molecule has 96 valence electrons. The summed E-state index contributed by atoms with van der Waals surface area (Å²) < 4.78 is 14.2. The second kappa shape index (κ2) is 6.29. The molecule has 1 N–H and O–H groups in total. The van der Waals surface area contributed by atoms with Crippen molar-refractivity contribution in [3.05, 3.63) is 29.8 Å². The number of carbonyl (C=O) groups is 2. The molecule has 0 aliphatic heterocycles. The van der Waals surface area contributed by atoms with Crippen molar-refractivity contribution < 1.29 is 28.9 Å². The molecule has 6 heteroatoms. The van der Waals surface area contributed by atoms with E-state index >= 15 is 0 Å². The van der Waals surface area contributed by atoms with Gasteiger partial charge in [0.05, 0.1) is 14.2 Å². The van der Waals surface area contributed by atoms with Gasteiger partial charge in [0.25, 0.3) is 0 Å². The predicted molar refractivity (Wildman–Crippen MR) is 62.7 cm³/mol. The van der Waals surface area contributed by atoms with Gasteiger partial charge in [0, 0.05) is 6.08 Å². The van der Waals surface area contributed by atoms with Crippen LogP contribution in [0.1, 0.15) is 5.56 Å². The van der Waals surface area contributed by atoms with Crippen molar-refractivity contribution >= 4 is 18.2 Å². The van der Waals surface area contributed by atoms with E-state index in [4.69, 9.17) is 14.6 Å². The zero-order valence-electron chi connectivity index (χ0n) is 9.88. The quantitative estimate of drug-likeness (QED) is 0.501. The molecule has 1 aromatic carbocycles. The Morgan fingerprint density at radius 1 is 1.22 bits per heavy atom. The first-order valence-electron chi connectivity index (χ1n) is 4.91. The van der Waals surface area contributed by atoms with E-state index in [1.807, 2.05) is 0 Å². The third-order valence-corrected chi connectivity index (χ3v) is 1.97. The van der Waals surface area contributed by atoms with Crippen molar-refractivity contribution in [2.24, 2.45) is 0 Å². The molecule has 1 rings (SSSR count). The zero-order chi connectivity index (χ0) is 13.5. The van der Waals surface area contributed by atoms with Crippen molar-refractivity contribution in [2.75, 3.05) is 14.2 Å². The van der Waals surface area contributed by atoms with Crippen LogP contribution in [-0.2, 0) is 9.53 Å². The zero-order valence-corrected chi connectivity index (χ0v) is 9.88. The van der Waals surface area contributed by atoms with Gasteiger partial charge in [-0.1, -0.05) is 6.07 Å². The van der Waals surface area contributed by atoms with E-state index in [-0.39, 0.29) is 5.75 Å². The molecule has 0 atom stereocenters. The Kier molecular flexibility index (Phi) is 4.74. The number of aliphatic carboxylic acids is 1. The second-order valence-electron chi connectivity index (χ2n) is 3.14. The number of benzene rings is 1. The fourth-order valence-electron chi connectivity index (χ4n) is 1.18. The molecular weight excluding hydrogens is 240 g/mol. The van der Waals surface area contributed by atoms with Gasteiger partial charge < -0.3 is 19.3 Å². The Labute approximate surface area is 103 Å². The van der Waals surface area contributed by atoms with Crippen molar-refractivity contribution in [1.29, 1.82) is 0 Å². The first kappa shape index (κ1) is 13.6. The van der Waals surface area contributed by atoms with Gasteiger partial charge in [0.15, 0.2) is 11.5 Å². The number of rotatable bonds is 4. The molecule has 0 aliphatic carbocycles. The van der Waals surface area contributed by atoms with Crippen molar-refractivity contribution in [1.82, 2.24) is 0 Å². The Hall–Kier alpha value is -2.50. The second-order valence-corrected chi connectivity index (χ2v) is 3.14. The summed E-state index contributed by atoms with van der Waals surface area (Å²) in [7, 11) is 2.61. The normalized spacial score (nSPS) is 10.1. The SMILES string of the molecule is COC(=O)Oc1cc(C=CC(=O)O)ccc1OC. The lowest BCUT2D eigenvalue weighted by Gasteiger charge is -2.08. The summed E-state index contributed by atoms with van der Waals surface area (Å²) in [5.74, 6) is -0.578. The van der Waals surface area contributed by atoms with Crippen molar-refractivity contribution in [3.8, 4) is 11.5 Å². The standard InChI is InChI=1S/C12H12O6/c1-16-9-5-3-8(4-6-11(13)14)7-10(9)18-12(15)17-2/h3-7H,1-2H3,(H,13,14). The highest BCUT2D eigenvalue weighted by molar-refractivity contribution is 5.85. The topological polar surface area (TPSA) is 82.1 Å².